The van der Waals surface area contributed by atoms with E-state index in [-0.39, 0.29) is 21.2 Å². The molecule has 74 valence electrons. The van der Waals surface area contributed by atoms with E-state index in [4.69, 9.17) is 23.2 Å². The number of carboxylic acids is 2. The summed E-state index contributed by atoms with van der Waals surface area (Å²) in [6.45, 7) is 0. The highest BCUT2D eigenvalue weighted by Gasteiger charge is 2.08. The maximum absolute atomic E-state index is 10.4. The van der Waals surface area contributed by atoms with Crippen molar-refractivity contribution >= 4 is 35.1 Å². The Bertz CT molecular complexity index is 374. The van der Waals surface area contributed by atoms with Gasteiger partial charge in [-0.3, -0.25) is 0 Å². The van der Waals surface area contributed by atoms with Crippen LogP contribution in [0.4, 0.5) is 0 Å². The third-order valence-corrected chi connectivity index (χ3v) is 2.12. The predicted octanol–water partition coefficient (Wildman–Crippen LogP) is -0.280. The van der Waals surface area contributed by atoms with E-state index in [1.807, 2.05) is 0 Å². The van der Waals surface area contributed by atoms with Crippen molar-refractivity contribution in [3.05, 3.63) is 33.3 Å². The number of rotatable bonds is 2. The SMILES string of the molecule is O=C([O-])c1cc(Cl)c(C(=O)[O-])cc1Cl. The van der Waals surface area contributed by atoms with Gasteiger partial charge in [0.25, 0.3) is 0 Å². The van der Waals surface area contributed by atoms with Gasteiger partial charge in [0.15, 0.2) is 0 Å². The fourth-order valence-corrected chi connectivity index (χ4v) is 1.34. The number of carbonyl (C=O) groups is 2. The van der Waals surface area contributed by atoms with Crippen molar-refractivity contribution in [2.75, 3.05) is 0 Å². The van der Waals surface area contributed by atoms with Gasteiger partial charge in [0.2, 0.25) is 0 Å². The van der Waals surface area contributed by atoms with Gasteiger partial charge in [-0.15, -0.1) is 0 Å². The van der Waals surface area contributed by atoms with Crippen LogP contribution in [0.3, 0.4) is 0 Å². The summed E-state index contributed by atoms with van der Waals surface area (Å²) >= 11 is 10.9. The first-order chi connectivity index (χ1) is 6.43. The zero-order valence-corrected chi connectivity index (χ0v) is 8.06. The van der Waals surface area contributed by atoms with Crippen molar-refractivity contribution in [2.24, 2.45) is 0 Å². The molecule has 1 rings (SSSR count). The minimum absolute atomic E-state index is 0.256. The molecule has 0 bridgehead atoms. The fourth-order valence-electron chi connectivity index (χ4n) is 0.860. The van der Waals surface area contributed by atoms with E-state index in [2.05, 4.69) is 0 Å². The summed E-state index contributed by atoms with van der Waals surface area (Å²) in [7, 11) is 0. The molecule has 0 heterocycles. The second-order valence-corrected chi connectivity index (χ2v) is 3.20. The number of carboxylic acid groups (broad SMARTS) is 2. The van der Waals surface area contributed by atoms with E-state index in [0.717, 1.165) is 12.1 Å². The van der Waals surface area contributed by atoms with Gasteiger partial charge in [-0.05, 0) is 12.1 Å². The molecule has 0 N–H and O–H groups in total. The van der Waals surface area contributed by atoms with E-state index < -0.39 is 11.9 Å². The van der Waals surface area contributed by atoms with E-state index >= 15 is 0 Å². The van der Waals surface area contributed by atoms with E-state index in [9.17, 15) is 19.8 Å². The van der Waals surface area contributed by atoms with E-state index in [1.165, 1.54) is 0 Å². The molecule has 0 fully saturated rings. The summed E-state index contributed by atoms with van der Waals surface area (Å²) in [5.74, 6) is -3.05. The smallest absolute Gasteiger partial charge is 0.0730 e. The monoisotopic (exact) mass is 232 g/mol. The Morgan fingerprint density at radius 3 is 1.43 bits per heavy atom. The van der Waals surface area contributed by atoms with Crippen molar-refractivity contribution in [1.29, 1.82) is 0 Å². The molecule has 0 unspecified atom stereocenters. The lowest BCUT2D eigenvalue weighted by molar-refractivity contribution is -0.256. The van der Waals surface area contributed by atoms with Crippen LogP contribution in [0.25, 0.3) is 0 Å². The highest BCUT2D eigenvalue weighted by Crippen LogP contribution is 2.24. The van der Waals surface area contributed by atoms with Crippen molar-refractivity contribution in [3.8, 4) is 0 Å². The molecular formula is C8H2Cl2O4-2. The third kappa shape index (κ3) is 1.97. The maximum atomic E-state index is 10.4. The average molecular weight is 233 g/mol. The number of hydrogen-bond acceptors (Lipinski definition) is 4. The molecule has 6 heteroatoms. The number of halogens is 2. The number of carbonyl (C=O) groups excluding carboxylic acids is 2. The van der Waals surface area contributed by atoms with Crippen molar-refractivity contribution < 1.29 is 19.8 Å². The van der Waals surface area contributed by atoms with Gasteiger partial charge in [0.1, 0.15) is 0 Å². The quantitative estimate of drug-likeness (QED) is 0.703. The van der Waals surface area contributed by atoms with Gasteiger partial charge < -0.3 is 19.8 Å². The van der Waals surface area contributed by atoms with Gasteiger partial charge in [-0.1, -0.05) is 23.2 Å². The predicted molar refractivity (Wildman–Crippen MR) is 45.1 cm³/mol. The Morgan fingerprint density at radius 2 is 1.21 bits per heavy atom. The minimum Gasteiger partial charge on any atom is -0.545 e. The van der Waals surface area contributed by atoms with Gasteiger partial charge in [-0.25, -0.2) is 0 Å². The van der Waals surface area contributed by atoms with Crippen LogP contribution >= 0.6 is 23.2 Å². The summed E-state index contributed by atoms with van der Waals surface area (Å²) in [5, 5.41) is 20.4. The molecule has 4 nitrogen and oxygen atoms in total. The lowest BCUT2D eigenvalue weighted by atomic mass is 10.1. The highest BCUT2D eigenvalue weighted by molar-refractivity contribution is 6.37. The zero-order valence-electron chi connectivity index (χ0n) is 6.54. The largest absolute Gasteiger partial charge is 0.545 e. The summed E-state index contributed by atoms with van der Waals surface area (Å²) < 4.78 is 0. The molecule has 0 spiro atoms. The third-order valence-electron chi connectivity index (χ3n) is 1.50. The summed E-state index contributed by atoms with van der Waals surface area (Å²) in [4.78, 5) is 20.9. The maximum Gasteiger partial charge on any atom is 0.0730 e. The molecule has 0 atom stereocenters. The van der Waals surface area contributed by atoms with Crippen LogP contribution in [0.15, 0.2) is 12.1 Å². The molecule has 0 aliphatic carbocycles. The molecule has 0 saturated heterocycles. The van der Waals surface area contributed by atoms with E-state index in [0.29, 0.717) is 0 Å². The molecule has 0 aliphatic rings. The molecule has 0 saturated carbocycles. The summed E-state index contributed by atoms with van der Waals surface area (Å²) in [5.41, 5.74) is -0.719. The Balaban J connectivity index is 3.38. The molecule has 1 aromatic carbocycles. The molecule has 0 aromatic heterocycles. The molecule has 0 aliphatic heterocycles. The molecule has 1 aromatic rings. The van der Waals surface area contributed by atoms with Gasteiger partial charge in [-0.2, -0.15) is 0 Å². The van der Waals surface area contributed by atoms with Crippen LogP contribution in [-0.4, -0.2) is 11.9 Å². The van der Waals surface area contributed by atoms with Gasteiger partial charge in [0.05, 0.1) is 22.0 Å². The van der Waals surface area contributed by atoms with Crippen LogP contribution in [-0.2, 0) is 0 Å². The van der Waals surface area contributed by atoms with Crippen molar-refractivity contribution in [2.45, 2.75) is 0 Å². The van der Waals surface area contributed by atoms with E-state index in [1.54, 1.807) is 0 Å². The number of benzene rings is 1. The zero-order chi connectivity index (χ0) is 10.9. The van der Waals surface area contributed by atoms with Crippen LogP contribution in [0.5, 0.6) is 0 Å². The topological polar surface area (TPSA) is 80.3 Å². The van der Waals surface area contributed by atoms with Gasteiger partial charge >= 0.3 is 0 Å². The first kappa shape index (κ1) is 10.8. The van der Waals surface area contributed by atoms with Gasteiger partial charge in [0, 0.05) is 11.1 Å². The molecule has 0 radical (unpaired) electrons. The molecule has 14 heavy (non-hydrogen) atoms. The second-order valence-electron chi connectivity index (χ2n) is 2.39. The number of hydrogen-bond donors (Lipinski definition) is 0. The highest BCUT2D eigenvalue weighted by atomic mass is 35.5. The first-order valence-electron chi connectivity index (χ1n) is 3.35. The molecule has 0 amide bonds. The minimum atomic E-state index is -1.53. The lowest BCUT2D eigenvalue weighted by Crippen LogP contribution is -2.25. The summed E-state index contributed by atoms with van der Waals surface area (Å²) in [6, 6.07) is 1.81. The number of aromatic carboxylic acids is 2. The second kappa shape index (κ2) is 3.86. The van der Waals surface area contributed by atoms with Crippen LogP contribution in [0.2, 0.25) is 10.0 Å². The lowest BCUT2D eigenvalue weighted by Gasteiger charge is -2.10. The normalized spacial score (nSPS) is 9.86. The molecular weight excluding hydrogens is 231 g/mol. The van der Waals surface area contributed by atoms with Crippen LogP contribution in [0, 0.1) is 0 Å². The van der Waals surface area contributed by atoms with Crippen LogP contribution in [0.1, 0.15) is 20.7 Å². The Morgan fingerprint density at radius 1 is 0.929 bits per heavy atom. The fraction of sp³-hybridized carbons (Fsp3) is 0. The van der Waals surface area contributed by atoms with Crippen molar-refractivity contribution in [1.82, 2.24) is 0 Å². The summed E-state index contributed by atoms with van der Waals surface area (Å²) in [6.07, 6.45) is 0. The Labute approximate surface area is 88.7 Å². The standard InChI is InChI=1S/C8H4Cl2O4/c9-5-1-3(7(11)12)6(10)2-4(5)8(13)14/h1-2H,(H,11,12)(H,13,14)/p-2. The Kier molecular flexibility index (Phi) is 2.98. The van der Waals surface area contributed by atoms with Crippen LogP contribution < -0.4 is 10.2 Å². The Hall–Kier alpha value is -1.26. The van der Waals surface area contributed by atoms with Crippen molar-refractivity contribution in [3.63, 3.8) is 0 Å². The average Bonchev–Trinajstić information content (AvgIpc) is 2.07. The first-order valence-corrected chi connectivity index (χ1v) is 4.11.